The molecule has 0 fully saturated rings. The molecule has 0 saturated carbocycles. The number of amides is 1. The van der Waals surface area contributed by atoms with Crippen molar-refractivity contribution in [2.24, 2.45) is 0 Å². The predicted octanol–water partition coefficient (Wildman–Crippen LogP) is 3.29. The fourth-order valence-corrected chi connectivity index (χ4v) is 2.17. The van der Waals surface area contributed by atoms with Crippen LogP contribution in [0.5, 0.6) is 0 Å². The fourth-order valence-electron chi connectivity index (χ4n) is 2.04. The first-order valence-electron chi connectivity index (χ1n) is 6.67. The summed E-state index contributed by atoms with van der Waals surface area (Å²) in [6.45, 7) is 1.94. The maximum Gasteiger partial charge on any atom is 0.255 e. The second kappa shape index (κ2) is 6.59. The van der Waals surface area contributed by atoms with Gasteiger partial charge in [-0.1, -0.05) is 23.7 Å². The van der Waals surface area contributed by atoms with Gasteiger partial charge in [-0.25, -0.2) is 4.98 Å². The summed E-state index contributed by atoms with van der Waals surface area (Å²) in [4.78, 5) is 18.5. The summed E-state index contributed by atoms with van der Waals surface area (Å²) in [5, 5.41) is 3.66. The van der Waals surface area contributed by atoms with Crippen LogP contribution in [0.25, 0.3) is 0 Å². The number of pyridine rings is 1. The summed E-state index contributed by atoms with van der Waals surface area (Å²) >= 11 is 5.87. The van der Waals surface area contributed by atoms with Crippen LogP contribution in [0.4, 0.5) is 5.82 Å². The number of rotatable bonds is 4. The number of benzene rings is 1. The average molecular weight is 304 g/mol. The van der Waals surface area contributed by atoms with Crippen molar-refractivity contribution in [2.75, 3.05) is 19.0 Å². The van der Waals surface area contributed by atoms with Gasteiger partial charge in [-0.15, -0.1) is 0 Å². The molecule has 0 spiro atoms. The lowest BCUT2D eigenvalue weighted by atomic mass is 10.1. The molecule has 0 saturated heterocycles. The first kappa shape index (κ1) is 15.3. The summed E-state index contributed by atoms with van der Waals surface area (Å²) in [5.41, 5.74) is 1.56. The zero-order chi connectivity index (χ0) is 15.4. The van der Waals surface area contributed by atoms with Gasteiger partial charge in [0.2, 0.25) is 0 Å². The van der Waals surface area contributed by atoms with Gasteiger partial charge in [-0.3, -0.25) is 4.79 Å². The zero-order valence-corrected chi connectivity index (χ0v) is 13.1. The maximum absolute atomic E-state index is 12.4. The highest BCUT2D eigenvalue weighted by Gasteiger charge is 2.16. The van der Waals surface area contributed by atoms with Gasteiger partial charge in [0.25, 0.3) is 5.91 Å². The SMILES string of the molecule is C[C@@H](NC(=O)c1cccnc1N(C)C)c1ccc(Cl)cc1. The van der Waals surface area contributed by atoms with Gasteiger partial charge in [0.1, 0.15) is 5.82 Å². The molecule has 0 unspecified atom stereocenters. The van der Waals surface area contributed by atoms with Crippen molar-refractivity contribution in [3.63, 3.8) is 0 Å². The van der Waals surface area contributed by atoms with Crippen molar-refractivity contribution in [3.05, 3.63) is 58.7 Å². The Labute approximate surface area is 129 Å². The van der Waals surface area contributed by atoms with Crippen LogP contribution in [0.2, 0.25) is 5.02 Å². The van der Waals surface area contributed by atoms with Gasteiger partial charge in [-0.05, 0) is 36.8 Å². The minimum absolute atomic E-state index is 0.106. The Morgan fingerprint density at radius 1 is 1.24 bits per heavy atom. The summed E-state index contributed by atoms with van der Waals surface area (Å²) in [6, 6.07) is 10.9. The van der Waals surface area contributed by atoms with E-state index in [1.165, 1.54) is 0 Å². The van der Waals surface area contributed by atoms with E-state index in [1.807, 2.05) is 50.2 Å². The highest BCUT2D eigenvalue weighted by Crippen LogP contribution is 2.19. The molecule has 1 aromatic carbocycles. The molecule has 1 aromatic heterocycles. The quantitative estimate of drug-likeness (QED) is 0.942. The number of nitrogens with zero attached hydrogens (tertiary/aromatic N) is 2. The average Bonchev–Trinajstić information content (AvgIpc) is 2.47. The second-order valence-electron chi connectivity index (χ2n) is 5.02. The van der Waals surface area contributed by atoms with E-state index < -0.39 is 0 Å². The molecule has 4 nitrogen and oxygen atoms in total. The predicted molar refractivity (Wildman–Crippen MR) is 85.9 cm³/mol. The Morgan fingerprint density at radius 3 is 2.52 bits per heavy atom. The van der Waals surface area contributed by atoms with Gasteiger partial charge in [0.15, 0.2) is 0 Å². The topological polar surface area (TPSA) is 45.2 Å². The molecule has 1 amide bonds. The highest BCUT2D eigenvalue weighted by molar-refractivity contribution is 6.30. The molecule has 2 rings (SSSR count). The lowest BCUT2D eigenvalue weighted by Crippen LogP contribution is -2.28. The molecule has 0 aliphatic heterocycles. The van der Waals surface area contributed by atoms with E-state index in [4.69, 9.17) is 11.6 Å². The molecular formula is C16H18ClN3O. The molecule has 2 aromatic rings. The molecule has 0 bridgehead atoms. The van der Waals surface area contributed by atoms with E-state index in [0.29, 0.717) is 16.4 Å². The zero-order valence-electron chi connectivity index (χ0n) is 12.3. The van der Waals surface area contributed by atoms with Gasteiger partial charge in [0, 0.05) is 25.3 Å². The van der Waals surface area contributed by atoms with E-state index in [-0.39, 0.29) is 11.9 Å². The summed E-state index contributed by atoms with van der Waals surface area (Å²) in [6.07, 6.45) is 1.68. The van der Waals surface area contributed by atoms with Crippen LogP contribution in [-0.2, 0) is 0 Å². The van der Waals surface area contributed by atoms with Crippen LogP contribution >= 0.6 is 11.6 Å². The molecule has 0 radical (unpaired) electrons. The van der Waals surface area contributed by atoms with Crippen LogP contribution in [0.15, 0.2) is 42.6 Å². The summed E-state index contributed by atoms with van der Waals surface area (Å²) < 4.78 is 0. The maximum atomic E-state index is 12.4. The number of aromatic nitrogens is 1. The number of carbonyl (C=O) groups is 1. The number of hydrogen-bond acceptors (Lipinski definition) is 3. The van der Waals surface area contributed by atoms with Crippen molar-refractivity contribution < 1.29 is 4.79 Å². The van der Waals surface area contributed by atoms with E-state index >= 15 is 0 Å². The lowest BCUT2D eigenvalue weighted by Gasteiger charge is -2.18. The number of anilines is 1. The third-order valence-corrected chi connectivity index (χ3v) is 3.42. The largest absolute Gasteiger partial charge is 0.362 e. The highest BCUT2D eigenvalue weighted by atomic mass is 35.5. The smallest absolute Gasteiger partial charge is 0.255 e. The normalized spacial score (nSPS) is 11.8. The summed E-state index contributed by atoms with van der Waals surface area (Å²) in [5.74, 6) is 0.507. The van der Waals surface area contributed by atoms with Crippen LogP contribution in [0.3, 0.4) is 0 Å². The monoisotopic (exact) mass is 303 g/mol. The molecule has 5 heteroatoms. The van der Waals surface area contributed by atoms with Crippen molar-refractivity contribution >= 4 is 23.3 Å². The van der Waals surface area contributed by atoms with Crippen molar-refractivity contribution in [3.8, 4) is 0 Å². The molecular weight excluding hydrogens is 286 g/mol. The van der Waals surface area contributed by atoms with E-state index in [0.717, 1.165) is 5.56 Å². The number of hydrogen-bond donors (Lipinski definition) is 1. The Balaban J connectivity index is 2.16. The minimum atomic E-state index is -0.144. The lowest BCUT2D eigenvalue weighted by molar-refractivity contribution is 0.0940. The molecule has 1 atom stereocenters. The van der Waals surface area contributed by atoms with Crippen LogP contribution in [0, 0.1) is 0 Å². The van der Waals surface area contributed by atoms with Crippen LogP contribution < -0.4 is 10.2 Å². The summed E-state index contributed by atoms with van der Waals surface area (Å²) in [7, 11) is 3.73. The third-order valence-electron chi connectivity index (χ3n) is 3.17. The van der Waals surface area contributed by atoms with Gasteiger partial charge in [0.05, 0.1) is 11.6 Å². The fraction of sp³-hybridized carbons (Fsp3) is 0.250. The number of carbonyl (C=O) groups excluding carboxylic acids is 1. The second-order valence-corrected chi connectivity index (χ2v) is 5.45. The van der Waals surface area contributed by atoms with E-state index in [1.54, 1.807) is 18.3 Å². The standard InChI is InChI=1S/C16H18ClN3O/c1-11(12-6-8-13(17)9-7-12)19-16(21)14-5-4-10-18-15(14)20(2)3/h4-11H,1-3H3,(H,19,21)/t11-/m1/s1. The molecule has 0 aliphatic rings. The van der Waals surface area contributed by atoms with Crippen molar-refractivity contribution in [2.45, 2.75) is 13.0 Å². The van der Waals surface area contributed by atoms with Crippen molar-refractivity contribution in [1.82, 2.24) is 10.3 Å². The Morgan fingerprint density at radius 2 is 1.90 bits per heavy atom. The molecule has 1 heterocycles. The van der Waals surface area contributed by atoms with Gasteiger partial charge < -0.3 is 10.2 Å². The molecule has 110 valence electrons. The minimum Gasteiger partial charge on any atom is -0.362 e. The first-order valence-corrected chi connectivity index (χ1v) is 7.05. The molecule has 1 N–H and O–H groups in total. The number of nitrogens with one attached hydrogen (secondary N) is 1. The third kappa shape index (κ3) is 3.73. The van der Waals surface area contributed by atoms with E-state index in [2.05, 4.69) is 10.3 Å². The Kier molecular flexibility index (Phi) is 4.81. The van der Waals surface area contributed by atoms with Gasteiger partial charge >= 0.3 is 0 Å². The molecule has 0 aliphatic carbocycles. The Bertz CT molecular complexity index is 626. The number of halogens is 1. The van der Waals surface area contributed by atoms with Gasteiger partial charge in [-0.2, -0.15) is 0 Å². The van der Waals surface area contributed by atoms with Crippen LogP contribution in [0.1, 0.15) is 28.9 Å². The van der Waals surface area contributed by atoms with Crippen molar-refractivity contribution in [1.29, 1.82) is 0 Å². The first-order chi connectivity index (χ1) is 9.99. The van der Waals surface area contributed by atoms with Crippen LogP contribution in [-0.4, -0.2) is 25.0 Å². The molecule has 21 heavy (non-hydrogen) atoms. The van der Waals surface area contributed by atoms with E-state index in [9.17, 15) is 4.79 Å². The Hall–Kier alpha value is -2.07.